The lowest BCUT2D eigenvalue weighted by atomic mass is 10.0. The van der Waals surface area contributed by atoms with Crippen LogP contribution in [0.5, 0.6) is 0 Å². The van der Waals surface area contributed by atoms with Crippen LogP contribution in [0.25, 0.3) is 0 Å². The lowest BCUT2D eigenvalue weighted by Crippen LogP contribution is -2.41. The van der Waals surface area contributed by atoms with E-state index in [1.807, 2.05) is 0 Å². The summed E-state index contributed by atoms with van der Waals surface area (Å²) in [4.78, 5) is 7.39. The largest absolute Gasteiger partial charge is 0.373 e. The fraction of sp³-hybridized carbons (Fsp3) is 0.682. The van der Waals surface area contributed by atoms with Crippen molar-refractivity contribution in [3.8, 4) is 0 Å². The third kappa shape index (κ3) is 6.88. The van der Waals surface area contributed by atoms with Gasteiger partial charge in [-0.25, -0.2) is 0 Å². The predicted molar refractivity (Wildman–Crippen MR) is 127 cm³/mol. The summed E-state index contributed by atoms with van der Waals surface area (Å²) in [6.45, 7) is 12.3. The van der Waals surface area contributed by atoms with E-state index in [-0.39, 0.29) is 29.6 Å². The maximum atomic E-state index is 5.86. The van der Waals surface area contributed by atoms with Crippen LogP contribution in [0.4, 0.5) is 0 Å². The maximum absolute atomic E-state index is 5.86. The molecule has 0 radical (unpaired) electrons. The van der Waals surface area contributed by atoms with E-state index in [1.54, 1.807) is 0 Å². The van der Waals surface area contributed by atoms with Crippen molar-refractivity contribution in [1.82, 2.24) is 15.5 Å². The van der Waals surface area contributed by atoms with E-state index in [0.29, 0.717) is 12.0 Å². The van der Waals surface area contributed by atoms with Crippen molar-refractivity contribution in [3.05, 3.63) is 35.9 Å². The van der Waals surface area contributed by atoms with Gasteiger partial charge in [0.25, 0.3) is 0 Å². The number of benzene rings is 1. The molecule has 0 aliphatic carbocycles. The molecule has 2 saturated heterocycles. The van der Waals surface area contributed by atoms with Crippen molar-refractivity contribution in [3.63, 3.8) is 0 Å². The van der Waals surface area contributed by atoms with Gasteiger partial charge in [-0.15, -0.1) is 24.0 Å². The van der Waals surface area contributed by atoms with E-state index in [9.17, 15) is 0 Å². The first-order valence-corrected chi connectivity index (χ1v) is 10.5. The molecule has 0 spiro atoms. The van der Waals surface area contributed by atoms with Crippen LogP contribution in [0.1, 0.15) is 45.6 Å². The molecule has 28 heavy (non-hydrogen) atoms. The monoisotopic (exact) mass is 500 g/mol. The number of likely N-dealkylation sites (tertiary alicyclic amines) is 1. The third-order valence-electron chi connectivity index (χ3n) is 5.79. The quantitative estimate of drug-likeness (QED) is 0.341. The molecule has 2 heterocycles. The van der Waals surface area contributed by atoms with Crippen LogP contribution in [0.2, 0.25) is 0 Å². The zero-order valence-electron chi connectivity index (χ0n) is 17.6. The Labute approximate surface area is 187 Å². The Kier molecular flexibility index (Phi) is 9.50. The number of nitrogens with zero attached hydrogens (tertiary/aromatic N) is 2. The molecule has 3 unspecified atom stereocenters. The SMILES string of the molecule is CCNC(=NCC1(C)CCCO1)NCC1CC(C)N(Cc2ccccc2)C1.I. The molecule has 158 valence electrons. The fourth-order valence-corrected chi connectivity index (χ4v) is 4.19. The summed E-state index contributed by atoms with van der Waals surface area (Å²) in [5.74, 6) is 1.58. The van der Waals surface area contributed by atoms with E-state index in [1.165, 1.54) is 12.0 Å². The molecule has 3 rings (SSSR count). The van der Waals surface area contributed by atoms with Crippen LogP contribution in [0.15, 0.2) is 35.3 Å². The molecule has 0 amide bonds. The molecular weight excluding hydrogens is 463 g/mol. The molecule has 0 bridgehead atoms. The summed E-state index contributed by atoms with van der Waals surface area (Å²) >= 11 is 0. The molecular formula is C22H37IN4O. The summed E-state index contributed by atoms with van der Waals surface area (Å²) in [5.41, 5.74) is 1.31. The van der Waals surface area contributed by atoms with E-state index < -0.39 is 0 Å². The average molecular weight is 500 g/mol. The van der Waals surface area contributed by atoms with Gasteiger partial charge in [-0.05, 0) is 51.5 Å². The number of hydrogen-bond donors (Lipinski definition) is 2. The van der Waals surface area contributed by atoms with Crippen LogP contribution in [0, 0.1) is 5.92 Å². The summed E-state index contributed by atoms with van der Waals surface area (Å²) < 4.78 is 5.86. The second-order valence-electron chi connectivity index (χ2n) is 8.34. The van der Waals surface area contributed by atoms with Gasteiger partial charge in [-0.1, -0.05) is 30.3 Å². The Morgan fingerprint density at radius 1 is 1.29 bits per heavy atom. The highest BCUT2D eigenvalue weighted by Crippen LogP contribution is 2.26. The van der Waals surface area contributed by atoms with Gasteiger partial charge in [0, 0.05) is 38.8 Å². The van der Waals surface area contributed by atoms with Gasteiger partial charge >= 0.3 is 0 Å². The summed E-state index contributed by atoms with van der Waals surface area (Å²) in [6, 6.07) is 11.4. The number of nitrogens with one attached hydrogen (secondary N) is 2. The van der Waals surface area contributed by atoms with Gasteiger partial charge in [-0.2, -0.15) is 0 Å². The minimum atomic E-state index is -0.0866. The van der Waals surface area contributed by atoms with Gasteiger partial charge in [0.05, 0.1) is 12.1 Å². The van der Waals surface area contributed by atoms with Crippen molar-refractivity contribution in [2.45, 2.75) is 58.2 Å². The van der Waals surface area contributed by atoms with Crippen LogP contribution in [-0.4, -0.2) is 55.3 Å². The molecule has 5 nitrogen and oxygen atoms in total. The Bertz CT molecular complexity index is 604. The first-order valence-electron chi connectivity index (χ1n) is 10.5. The van der Waals surface area contributed by atoms with Gasteiger partial charge in [0.2, 0.25) is 0 Å². The molecule has 1 aromatic carbocycles. The standard InChI is InChI=1S/C22H36N4O.HI/c1-4-23-21(25-17-22(3)11-8-12-27-22)24-14-20-13-18(2)26(16-20)15-19-9-6-5-7-10-19;/h5-7,9-10,18,20H,4,8,11-17H2,1-3H3,(H2,23,24,25);1H. The Balaban J connectivity index is 0.00000280. The minimum absolute atomic E-state index is 0. The van der Waals surface area contributed by atoms with Gasteiger partial charge in [-0.3, -0.25) is 9.89 Å². The van der Waals surface area contributed by atoms with Crippen molar-refractivity contribution < 1.29 is 4.74 Å². The number of ether oxygens (including phenoxy) is 1. The van der Waals surface area contributed by atoms with Crippen molar-refractivity contribution in [1.29, 1.82) is 0 Å². The summed E-state index contributed by atoms with van der Waals surface area (Å²) in [5, 5.41) is 6.95. The first-order chi connectivity index (χ1) is 13.1. The van der Waals surface area contributed by atoms with Crippen LogP contribution in [0.3, 0.4) is 0 Å². The molecule has 3 atom stereocenters. The Hall–Kier alpha value is -0.860. The van der Waals surface area contributed by atoms with Crippen molar-refractivity contribution in [2.75, 3.05) is 32.8 Å². The normalized spacial score (nSPS) is 28.2. The maximum Gasteiger partial charge on any atom is 0.191 e. The van der Waals surface area contributed by atoms with Crippen molar-refractivity contribution >= 4 is 29.9 Å². The third-order valence-corrected chi connectivity index (χ3v) is 5.79. The average Bonchev–Trinajstić information content (AvgIpc) is 3.25. The van der Waals surface area contributed by atoms with E-state index in [0.717, 1.165) is 58.1 Å². The van der Waals surface area contributed by atoms with Gasteiger partial charge in [0.15, 0.2) is 5.96 Å². The Morgan fingerprint density at radius 3 is 2.75 bits per heavy atom. The topological polar surface area (TPSA) is 48.9 Å². The van der Waals surface area contributed by atoms with Crippen LogP contribution >= 0.6 is 24.0 Å². The van der Waals surface area contributed by atoms with E-state index in [4.69, 9.17) is 9.73 Å². The molecule has 2 fully saturated rings. The lowest BCUT2D eigenvalue weighted by molar-refractivity contribution is 0.0283. The minimum Gasteiger partial charge on any atom is -0.373 e. The second kappa shape index (κ2) is 11.4. The first kappa shape index (κ1) is 23.4. The van der Waals surface area contributed by atoms with E-state index in [2.05, 4.69) is 66.6 Å². The number of guanidine groups is 1. The highest BCUT2D eigenvalue weighted by atomic mass is 127. The van der Waals surface area contributed by atoms with Crippen LogP contribution in [-0.2, 0) is 11.3 Å². The highest BCUT2D eigenvalue weighted by Gasteiger charge is 2.30. The van der Waals surface area contributed by atoms with Crippen molar-refractivity contribution in [2.24, 2.45) is 10.9 Å². The molecule has 6 heteroatoms. The van der Waals surface area contributed by atoms with Crippen LogP contribution < -0.4 is 10.6 Å². The molecule has 1 aromatic rings. The molecule has 2 N–H and O–H groups in total. The molecule has 2 aliphatic heterocycles. The Morgan fingerprint density at radius 2 is 2.07 bits per heavy atom. The van der Waals surface area contributed by atoms with Gasteiger partial charge < -0.3 is 15.4 Å². The number of rotatable bonds is 7. The van der Waals surface area contributed by atoms with Gasteiger partial charge in [0.1, 0.15) is 0 Å². The number of hydrogen-bond acceptors (Lipinski definition) is 3. The fourth-order valence-electron chi connectivity index (χ4n) is 4.19. The number of halogens is 1. The summed E-state index contributed by atoms with van der Waals surface area (Å²) in [6.07, 6.45) is 3.48. The van der Waals surface area contributed by atoms with E-state index >= 15 is 0 Å². The molecule has 0 aromatic heterocycles. The summed E-state index contributed by atoms with van der Waals surface area (Å²) in [7, 11) is 0. The predicted octanol–water partition coefficient (Wildman–Crippen LogP) is 3.64. The number of aliphatic imine (C=N–C) groups is 1. The highest BCUT2D eigenvalue weighted by molar-refractivity contribution is 14.0. The molecule has 0 saturated carbocycles. The molecule has 2 aliphatic rings. The smallest absolute Gasteiger partial charge is 0.191 e. The second-order valence-corrected chi connectivity index (χ2v) is 8.34. The zero-order valence-corrected chi connectivity index (χ0v) is 19.9. The zero-order chi connectivity index (χ0) is 19.1. The lowest BCUT2D eigenvalue weighted by Gasteiger charge is -2.22.